The molecule has 2 aromatic rings. The van der Waals surface area contributed by atoms with Gasteiger partial charge in [-0.25, -0.2) is 8.42 Å². The summed E-state index contributed by atoms with van der Waals surface area (Å²) >= 11 is 0. The Morgan fingerprint density at radius 1 is 0.933 bits per heavy atom. The van der Waals surface area contributed by atoms with Gasteiger partial charge in [-0.2, -0.15) is 0 Å². The van der Waals surface area contributed by atoms with E-state index in [-0.39, 0.29) is 11.7 Å². The summed E-state index contributed by atoms with van der Waals surface area (Å²) in [6.45, 7) is 8.40. The lowest BCUT2D eigenvalue weighted by atomic mass is 9.91. The monoisotopic (exact) mass is 428 g/mol. The lowest BCUT2D eigenvalue weighted by Gasteiger charge is -2.35. The zero-order valence-electron chi connectivity index (χ0n) is 18.1. The first-order valence-electron chi connectivity index (χ1n) is 10.5. The number of benzene rings is 2. The van der Waals surface area contributed by atoms with Gasteiger partial charge in [0.2, 0.25) is 0 Å². The maximum atomic E-state index is 12.4. The van der Waals surface area contributed by atoms with Crippen molar-refractivity contribution in [2.75, 3.05) is 19.3 Å². The van der Waals surface area contributed by atoms with Gasteiger partial charge < -0.3 is 5.32 Å². The number of rotatable bonds is 7. The van der Waals surface area contributed by atoms with Gasteiger partial charge in [0.1, 0.15) is 0 Å². The van der Waals surface area contributed by atoms with E-state index in [4.69, 9.17) is 0 Å². The third kappa shape index (κ3) is 6.96. The molecule has 1 N–H and O–H groups in total. The lowest BCUT2D eigenvalue weighted by Crippen LogP contribution is -2.38. The predicted molar refractivity (Wildman–Crippen MR) is 121 cm³/mol. The number of hydrogen-bond donors (Lipinski definition) is 1. The van der Waals surface area contributed by atoms with Crippen molar-refractivity contribution in [3.63, 3.8) is 0 Å². The molecule has 2 aromatic carbocycles. The molecule has 3 rings (SSSR count). The van der Waals surface area contributed by atoms with E-state index < -0.39 is 9.84 Å². The fourth-order valence-electron chi connectivity index (χ4n) is 4.28. The van der Waals surface area contributed by atoms with Crippen molar-refractivity contribution in [2.24, 2.45) is 11.8 Å². The van der Waals surface area contributed by atoms with Gasteiger partial charge in [-0.1, -0.05) is 50.2 Å². The second-order valence-corrected chi connectivity index (χ2v) is 11.0. The van der Waals surface area contributed by atoms with E-state index >= 15 is 0 Å². The first kappa shape index (κ1) is 22.5. The molecule has 162 valence electrons. The Labute approximate surface area is 180 Å². The summed E-state index contributed by atoms with van der Waals surface area (Å²) in [5, 5.41) is 2.93. The highest BCUT2D eigenvalue weighted by atomic mass is 32.2. The normalized spacial score (nSPS) is 20.1. The SMILES string of the molecule is CC1CC(C)CN(Cc2ccc(CNC(=O)c3ccc(CS(C)(=O)=O)cc3)cc2)C1. The molecule has 1 saturated heterocycles. The van der Waals surface area contributed by atoms with Gasteiger partial charge in [0.15, 0.2) is 9.84 Å². The quantitative estimate of drug-likeness (QED) is 0.731. The Kier molecular flexibility index (Phi) is 7.32. The Morgan fingerprint density at radius 3 is 2.03 bits per heavy atom. The van der Waals surface area contributed by atoms with Crippen LogP contribution in [0.25, 0.3) is 0 Å². The molecule has 0 aromatic heterocycles. The van der Waals surface area contributed by atoms with Crippen LogP contribution in [-0.2, 0) is 28.7 Å². The van der Waals surface area contributed by atoms with Crippen LogP contribution in [0.15, 0.2) is 48.5 Å². The van der Waals surface area contributed by atoms with E-state index in [0.29, 0.717) is 17.7 Å². The molecule has 0 spiro atoms. The van der Waals surface area contributed by atoms with Gasteiger partial charge in [0.25, 0.3) is 5.91 Å². The molecule has 5 nitrogen and oxygen atoms in total. The number of carbonyl (C=O) groups excluding carboxylic acids is 1. The highest BCUT2D eigenvalue weighted by molar-refractivity contribution is 7.89. The van der Waals surface area contributed by atoms with Crippen LogP contribution in [0.4, 0.5) is 0 Å². The minimum absolute atomic E-state index is 0.0174. The van der Waals surface area contributed by atoms with Crippen molar-refractivity contribution in [3.8, 4) is 0 Å². The Bertz CT molecular complexity index is 943. The Morgan fingerprint density at radius 2 is 1.47 bits per heavy atom. The van der Waals surface area contributed by atoms with Crippen molar-refractivity contribution in [1.29, 1.82) is 0 Å². The van der Waals surface area contributed by atoms with E-state index in [1.165, 1.54) is 18.2 Å². The molecule has 1 amide bonds. The summed E-state index contributed by atoms with van der Waals surface area (Å²) < 4.78 is 22.7. The highest BCUT2D eigenvalue weighted by Gasteiger charge is 2.21. The molecule has 0 radical (unpaired) electrons. The minimum Gasteiger partial charge on any atom is -0.348 e. The molecule has 30 heavy (non-hydrogen) atoms. The number of sulfone groups is 1. The van der Waals surface area contributed by atoms with E-state index in [2.05, 4.69) is 48.3 Å². The second kappa shape index (κ2) is 9.75. The smallest absolute Gasteiger partial charge is 0.251 e. The molecule has 2 atom stereocenters. The molecular formula is C24H32N2O3S. The van der Waals surface area contributed by atoms with Crippen molar-refractivity contribution in [2.45, 2.75) is 39.1 Å². The van der Waals surface area contributed by atoms with Crippen molar-refractivity contribution in [3.05, 3.63) is 70.8 Å². The van der Waals surface area contributed by atoms with Gasteiger partial charge in [0.05, 0.1) is 5.75 Å². The zero-order valence-corrected chi connectivity index (χ0v) is 18.9. The van der Waals surface area contributed by atoms with Crippen molar-refractivity contribution < 1.29 is 13.2 Å². The number of nitrogens with zero attached hydrogens (tertiary/aromatic N) is 1. The molecule has 1 heterocycles. The standard InChI is InChI=1S/C24H32N2O3S/c1-18-12-19(2)15-26(14-18)16-21-6-4-20(5-7-21)13-25-24(27)23-10-8-22(9-11-23)17-30(3,28)29/h4-11,18-19H,12-17H2,1-3H3,(H,25,27). The van der Waals surface area contributed by atoms with E-state index in [9.17, 15) is 13.2 Å². The summed E-state index contributed by atoms with van der Waals surface area (Å²) in [5.41, 5.74) is 3.56. The van der Waals surface area contributed by atoms with Gasteiger partial charge in [-0.05, 0) is 47.1 Å². The van der Waals surface area contributed by atoms with Crippen LogP contribution in [0.3, 0.4) is 0 Å². The van der Waals surface area contributed by atoms with Crippen molar-refractivity contribution in [1.82, 2.24) is 10.2 Å². The molecule has 0 aliphatic carbocycles. The number of likely N-dealkylation sites (tertiary alicyclic amines) is 1. The molecule has 0 bridgehead atoms. The molecule has 6 heteroatoms. The largest absolute Gasteiger partial charge is 0.348 e. The number of hydrogen-bond acceptors (Lipinski definition) is 4. The van der Waals surface area contributed by atoms with E-state index in [1.54, 1.807) is 24.3 Å². The summed E-state index contributed by atoms with van der Waals surface area (Å²) in [4.78, 5) is 14.9. The van der Waals surface area contributed by atoms with Crippen LogP contribution in [0.1, 0.15) is 47.3 Å². The zero-order chi connectivity index (χ0) is 21.7. The number of amides is 1. The number of piperidine rings is 1. The second-order valence-electron chi connectivity index (χ2n) is 8.91. The van der Waals surface area contributed by atoms with Crippen LogP contribution < -0.4 is 5.32 Å². The molecular weight excluding hydrogens is 396 g/mol. The molecule has 1 aliphatic rings. The topological polar surface area (TPSA) is 66.5 Å². The first-order chi connectivity index (χ1) is 14.2. The maximum Gasteiger partial charge on any atom is 0.251 e. The van der Waals surface area contributed by atoms with Crippen LogP contribution in [0.5, 0.6) is 0 Å². The third-order valence-electron chi connectivity index (χ3n) is 5.47. The fourth-order valence-corrected chi connectivity index (χ4v) is 5.08. The summed E-state index contributed by atoms with van der Waals surface area (Å²) in [5.74, 6) is 1.32. The average Bonchev–Trinajstić information content (AvgIpc) is 2.66. The first-order valence-corrected chi connectivity index (χ1v) is 12.6. The Hall–Kier alpha value is -2.18. The number of carbonyl (C=O) groups is 1. The van der Waals surface area contributed by atoms with Gasteiger partial charge in [-0.15, -0.1) is 0 Å². The van der Waals surface area contributed by atoms with Crippen LogP contribution in [0.2, 0.25) is 0 Å². The predicted octanol–water partition coefficient (Wildman–Crippen LogP) is 3.64. The lowest BCUT2D eigenvalue weighted by molar-refractivity contribution is 0.0951. The highest BCUT2D eigenvalue weighted by Crippen LogP contribution is 2.22. The molecule has 1 aliphatic heterocycles. The Balaban J connectivity index is 1.50. The van der Waals surface area contributed by atoms with Crippen LogP contribution in [0, 0.1) is 11.8 Å². The summed E-state index contributed by atoms with van der Waals surface area (Å²) in [6, 6.07) is 15.1. The van der Waals surface area contributed by atoms with Crippen molar-refractivity contribution >= 4 is 15.7 Å². The molecule has 1 fully saturated rings. The van der Waals surface area contributed by atoms with Crippen LogP contribution in [-0.4, -0.2) is 38.6 Å². The molecule has 2 unspecified atom stereocenters. The van der Waals surface area contributed by atoms with E-state index in [1.807, 2.05) is 0 Å². The summed E-state index contributed by atoms with van der Waals surface area (Å²) in [6.07, 6.45) is 2.52. The molecule has 0 saturated carbocycles. The minimum atomic E-state index is -3.08. The number of nitrogens with one attached hydrogen (secondary N) is 1. The summed E-state index contributed by atoms with van der Waals surface area (Å²) in [7, 11) is -3.08. The van der Waals surface area contributed by atoms with E-state index in [0.717, 1.165) is 37.0 Å². The fraction of sp³-hybridized carbons (Fsp3) is 0.458. The van der Waals surface area contributed by atoms with Gasteiger partial charge in [-0.3, -0.25) is 9.69 Å². The maximum absolute atomic E-state index is 12.4. The van der Waals surface area contributed by atoms with Gasteiger partial charge >= 0.3 is 0 Å². The average molecular weight is 429 g/mol. The third-order valence-corrected chi connectivity index (χ3v) is 6.33. The van der Waals surface area contributed by atoms with Crippen LogP contribution >= 0.6 is 0 Å². The van der Waals surface area contributed by atoms with Gasteiger partial charge in [0, 0.05) is 38.0 Å².